The summed E-state index contributed by atoms with van der Waals surface area (Å²) in [6, 6.07) is 3.89. The Bertz CT molecular complexity index is 408. The van der Waals surface area contributed by atoms with Crippen molar-refractivity contribution in [2.45, 2.75) is 6.54 Å². The van der Waals surface area contributed by atoms with Crippen molar-refractivity contribution in [1.82, 2.24) is 9.38 Å². The van der Waals surface area contributed by atoms with E-state index in [0.717, 1.165) is 11.1 Å². The Balaban J connectivity index is 2.71. The highest BCUT2D eigenvalue weighted by molar-refractivity contribution is 6.32. The van der Waals surface area contributed by atoms with Crippen LogP contribution in [-0.4, -0.2) is 9.38 Å². The molecule has 2 N–H and O–H groups in total. The van der Waals surface area contributed by atoms with E-state index in [2.05, 4.69) is 4.98 Å². The van der Waals surface area contributed by atoms with Gasteiger partial charge in [-0.3, -0.25) is 0 Å². The number of nitrogens with zero attached hydrogens (tertiary/aromatic N) is 2. The zero-order valence-electron chi connectivity index (χ0n) is 6.37. The molecule has 0 radical (unpaired) electrons. The third-order valence-electron chi connectivity index (χ3n) is 1.79. The molecule has 2 rings (SSSR count). The molecule has 4 heteroatoms. The molecule has 2 heterocycles. The van der Waals surface area contributed by atoms with Gasteiger partial charge < -0.3 is 10.1 Å². The van der Waals surface area contributed by atoms with Crippen LogP contribution in [0, 0.1) is 0 Å². The Morgan fingerprint density at radius 2 is 2.42 bits per heavy atom. The van der Waals surface area contributed by atoms with Gasteiger partial charge >= 0.3 is 0 Å². The van der Waals surface area contributed by atoms with E-state index in [9.17, 15) is 0 Å². The van der Waals surface area contributed by atoms with Gasteiger partial charge in [-0.2, -0.15) is 0 Å². The second-order valence-corrected chi connectivity index (χ2v) is 2.93. The molecule has 0 fully saturated rings. The largest absolute Gasteiger partial charge is 0.326 e. The summed E-state index contributed by atoms with van der Waals surface area (Å²) >= 11 is 5.83. The van der Waals surface area contributed by atoms with Gasteiger partial charge in [-0.1, -0.05) is 11.6 Å². The lowest BCUT2D eigenvalue weighted by atomic mass is 10.2. The van der Waals surface area contributed by atoms with E-state index in [1.165, 1.54) is 0 Å². The van der Waals surface area contributed by atoms with Gasteiger partial charge in [0.05, 0.1) is 5.52 Å². The monoisotopic (exact) mass is 181 g/mol. The number of hydrogen-bond acceptors (Lipinski definition) is 2. The molecule has 0 aliphatic rings. The smallest absolute Gasteiger partial charge is 0.154 e. The van der Waals surface area contributed by atoms with Crippen molar-refractivity contribution < 1.29 is 0 Å². The lowest BCUT2D eigenvalue weighted by Gasteiger charge is -1.97. The first-order valence-electron chi connectivity index (χ1n) is 3.62. The van der Waals surface area contributed by atoms with Crippen LogP contribution < -0.4 is 5.73 Å². The highest BCUT2D eigenvalue weighted by Gasteiger charge is 2.00. The van der Waals surface area contributed by atoms with Crippen LogP contribution in [-0.2, 0) is 6.54 Å². The molecular weight excluding hydrogens is 174 g/mol. The van der Waals surface area contributed by atoms with Gasteiger partial charge in [0.2, 0.25) is 0 Å². The first-order valence-corrected chi connectivity index (χ1v) is 4.00. The highest BCUT2D eigenvalue weighted by Crippen LogP contribution is 2.15. The summed E-state index contributed by atoms with van der Waals surface area (Å²) < 4.78 is 1.86. The fraction of sp³-hybridized carbons (Fsp3) is 0.125. The van der Waals surface area contributed by atoms with Crippen molar-refractivity contribution >= 4 is 17.1 Å². The number of rotatable bonds is 1. The predicted octanol–water partition coefficient (Wildman–Crippen LogP) is 1.45. The summed E-state index contributed by atoms with van der Waals surface area (Å²) in [7, 11) is 0. The minimum absolute atomic E-state index is 0.519. The number of nitrogens with two attached hydrogens (primary N) is 1. The second kappa shape index (κ2) is 2.77. The molecule has 0 saturated heterocycles. The Hall–Kier alpha value is -1.06. The molecule has 12 heavy (non-hydrogen) atoms. The lowest BCUT2D eigenvalue weighted by molar-refractivity contribution is 1.05. The number of hydrogen-bond donors (Lipinski definition) is 1. The lowest BCUT2D eigenvalue weighted by Crippen LogP contribution is -1.96. The van der Waals surface area contributed by atoms with Crippen molar-refractivity contribution in [3.63, 3.8) is 0 Å². The van der Waals surface area contributed by atoms with Gasteiger partial charge in [0.25, 0.3) is 0 Å². The zero-order valence-corrected chi connectivity index (χ0v) is 7.12. The van der Waals surface area contributed by atoms with Crippen LogP contribution >= 0.6 is 11.6 Å². The Kier molecular flexibility index (Phi) is 1.75. The second-order valence-electron chi connectivity index (χ2n) is 2.57. The molecule has 0 aromatic carbocycles. The Labute approximate surface area is 74.8 Å². The highest BCUT2D eigenvalue weighted by atomic mass is 35.5. The molecule has 0 aliphatic heterocycles. The summed E-state index contributed by atoms with van der Waals surface area (Å²) in [5, 5.41) is 0.519. The topological polar surface area (TPSA) is 43.3 Å². The molecule has 2 aromatic rings. The molecule has 0 saturated carbocycles. The molecule has 0 amide bonds. The van der Waals surface area contributed by atoms with Crippen molar-refractivity contribution in [3.8, 4) is 0 Å². The average Bonchev–Trinajstić information content (AvgIpc) is 2.47. The van der Waals surface area contributed by atoms with E-state index in [1.54, 1.807) is 6.33 Å². The van der Waals surface area contributed by atoms with Crippen LogP contribution in [0.3, 0.4) is 0 Å². The van der Waals surface area contributed by atoms with Crippen molar-refractivity contribution in [2.24, 2.45) is 5.73 Å². The fourth-order valence-electron chi connectivity index (χ4n) is 1.13. The number of imidazole rings is 1. The SMILES string of the molecule is NCc1ccn2cnc(Cl)c2c1. The molecule has 0 atom stereocenters. The minimum Gasteiger partial charge on any atom is -0.326 e. The van der Waals surface area contributed by atoms with Gasteiger partial charge in [-0.05, 0) is 17.7 Å². The van der Waals surface area contributed by atoms with E-state index < -0.39 is 0 Å². The standard InChI is InChI=1S/C8H8ClN3/c9-8-7-3-6(4-10)1-2-12(7)5-11-8/h1-3,5H,4,10H2. The van der Waals surface area contributed by atoms with Crippen LogP contribution in [0.15, 0.2) is 24.7 Å². The maximum absolute atomic E-state index is 5.83. The third kappa shape index (κ3) is 1.07. The fourth-order valence-corrected chi connectivity index (χ4v) is 1.32. The van der Waals surface area contributed by atoms with Crippen molar-refractivity contribution in [1.29, 1.82) is 0 Å². The normalized spacial score (nSPS) is 10.8. The number of fused-ring (bicyclic) bond motifs is 1. The van der Waals surface area contributed by atoms with Gasteiger partial charge in [0.15, 0.2) is 5.15 Å². The predicted molar refractivity (Wildman–Crippen MR) is 48.1 cm³/mol. The molecule has 0 unspecified atom stereocenters. The van der Waals surface area contributed by atoms with E-state index in [0.29, 0.717) is 11.7 Å². The minimum atomic E-state index is 0.519. The van der Waals surface area contributed by atoms with E-state index in [-0.39, 0.29) is 0 Å². The van der Waals surface area contributed by atoms with Crippen LogP contribution in [0.2, 0.25) is 5.15 Å². The number of aromatic nitrogens is 2. The molecule has 3 nitrogen and oxygen atoms in total. The van der Waals surface area contributed by atoms with Gasteiger partial charge in [0, 0.05) is 12.7 Å². The summed E-state index contributed by atoms with van der Waals surface area (Å²) in [5.41, 5.74) is 7.45. The quantitative estimate of drug-likeness (QED) is 0.724. The summed E-state index contributed by atoms with van der Waals surface area (Å²) in [4.78, 5) is 3.96. The van der Waals surface area contributed by atoms with Crippen LogP contribution in [0.5, 0.6) is 0 Å². The van der Waals surface area contributed by atoms with Crippen molar-refractivity contribution in [3.05, 3.63) is 35.4 Å². The third-order valence-corrected chi connectivity index (χ3v) is 2.08. The molecule has 0 bridgehead atoms. The molecular formula is C8H8ClN3. The first kappa shape index (κ1) is 7.58. The van der Waals surface area contributed by atoms with Crippen LogP contribution in [0.4, 0.5) is 0 Å². The van der Waals surface area contributed by atoms with Crippen LogP contribution in [0.1, 0.15) is 5.56 Å². The maximum Gasteiger partial charge on any atom is 0.154 e. The average molecular weight is 182 g/mol. The van der Waals surface area contributed by atoms with E-state index in [4.69, 9.17) is 17.3 Å². The summed E-state index contributed by atoms with van der Waals surface area (Å²) in [6.45, 7) is 0.526. The Morgan fingerprint density at radius 3 is 3.17 bits per heavy atom. The van der Waals surface area contributed by atoms with E-state index >= 15 is 0 Å². The first-order chi connectivity index (χ1) is 5.81. The van der Waals surface area contributed by atoms with Gasteiger partial charge in [-0.15, -0.1) is 0 Å². The number of pyridine rings is 1. The van der Waals surface area contributed by atoms with Crippen molar-refractivity contribution in [2.75, 3.05) is 0 Å². The van der Waals surface area contributed by atoms with Crippen LogP contribution in [0.25, 0.3) is 5.52 Å². The summed E-state index contributed by atoms with van der Waals surface area (Å²) in [6.07, 6.45) is 3.58. The molecule has 0 spiro atoms. The maximum atomic E-state index is 5.83. The molecule has 2 aromatic heterocycles. The Morgan fingerprint density at radius 1 is 1.58 bits per heavy atom. The summed E-state index contributed by atoms with van der Waals surface area (Å²) in [5.74, 6) is 0. The molecule has 62 valence electrons. The van der Waals surface area contributed by atoms with Gasteiger partial charge in [-0.25, -0.2) is 4.98 Å². The van der Waals surface area contributed by atoms with E-state index in [1.807, 2.05) is 22.7 Å². The van der Waals surface area contributed by atoms with Gasteiger partial charge in [0.1, 0.15) is 6.33 Å². The number of halogens is 1. The zero-order chi connectivity index (χ0) is 8.55. The molecule has 0 aliphatic carbocycles.